The zero-order chi connectivity index (χ0) is 16.5. The molecular weight excluding hydrogens is 296 g/mol. The highest BCUT2D eigenvalue weighted by Crippen LogP contribution is 2.25. The molecule has 0 bridgehead atoms. The Kier molecular flexibility index (Phi) is 5.28. The second-order valence-corrected chi connectivity index (χ2v) is 8.91. The van der Waals surface area contributed by atoms with E-state index in [1.54, 1.807) is 20.8 Å². The molecule has 0 aromatic heterocycles. The van der Waals surface area contributed by atoms with Gasteiger partial charge in [0.1, 0.15) is 5.60 Å². The summed E-state index contributed by atoms with van der Waals surface area (Å²) in [6.07, 6.45) is 0.0125. The molecule has 7 nitrogen and oxygen atoms in total. The highest BCUT2D eigenvalue weighted by atomic mass is 32.2. The van der Waals surface area contributed by atoms with E-state index in [1.807, 2.05) is 0 Å². The predicted octanol–water partition coefficient (Wildman–Crippen LogP) is 0.640. The van der Waals surface area contributed by atoms with Crippen LogP contribution >= 0.6 is 0 Å². The van der Waals surface area contributed by atoms with Crippen LogP contribution in [0.1, 0.15) is 33.6 Å². The maximum absolute atomic E-state index is 11.9. The van der Waals surface area contributed by atoms with Crippen molar-refractivity contribution in [1.82, 2.24) is 9.21 Å². The van der Waals surface area contributed by atoms with E-state index in [2.05, 4.69) is 0 Å². The second kappa shape index (κ2) is 6.10. The van der Waals surface area contributed by atoms with Crippen molar-refractivity contribution in [2.24, 2.45) is 0 Å². The number of carbonyl (C=O) groups is 1. The molecule has 124 valence electrons. The number of ether oxygens (including phenoxy) is 1. The highest BCUT2D eigenvalue weighted by molar-refractivity contribution is 7.89. The van der Waals surface area contributed by atoms with E-state index in [0.29, 0.717) is 0 Å². The fourth-order valence-corrected chi connectivity index (χ4v) is 3.27. The first-order chi connectivity index (χ1) is 9.35. The average Bonchev–Trinajstić information content (AvgIpc) is 2.25. The third kappa shape index (κ3) is 5.44. The van der Waals surface area contributed by atoms with Gasteiger partial charge in [0.2, 0.25) is 10.0 Å². The Morgan fingerprint density at radius 1 is 1.29 bits per heavy atom. The molecule has 0 saturated carbocycles. The minimum Gasteiger partial charge on any atom is -0.444 e. The van der Waals surface area contributed by atoms with Gasteiger partial charge < -0.3 is 14.7 Å². The van der Waals surface area contributed by atoms with Crippen LogP contribution in [0.4, 0.5) is 4.79 Å². The summed E-state index contributed by atoms with van der Waals surface area (Å²) in [5.74, 6) is -0.324. The first kappa shape index (κ1) is 18.2. The molecule has 0 spiro atoms. The number of rotatable bonds is 3. The van der Waals surface area contributed by atoms with Crippen LogP contribution in [0.15, 0.2) is 0 Å². The van der Waals surface area contributed by atoms with Crippen molar-refractivity contribution < 1.29 is 23.1 Å². The van der Waals surface area contributed by atoms with E-state index in [9.17, 15) is 18.3 Å². The van der Waals surface area contributed by atoms with Gasteiger partial charge in [-0.2, -0.15) is 0 Å². The number of likely N-dealkylation sites (tertiary alicyclic amines) is 1. The highest BCUT2D eigenvalue weighted by Gasteiger charge is 2.39. The van der Waals surface area contributed by atoms with Gasteiger partial charge in [-0.25, -0.2) is 17.5 Å². The Morgan fingerprint density at radius 3 is 2.14 bits per heavy atom. The molecule has 1 amide bonds. The Bertz CT molecular complexity index is 473. The van der Waals surface area contributed by atoms with Gasteiger partial charge in [0.05, 0.1) is 11.4 Å². The van der Waals surface area contributed by atoms with Gasteiger partial charge in [-0.3, -0.25) is 0 Å². The number of carbonyl (C=O) groups excluding carboxylic acids is 1. The summed E-state index contributed by atoms with van der Waals surface area (Å²) >= 11 is 0. The van der Waals surface area contributed by atoms with Crippen molar-refractivity contribution in [2.75, 3.05) is 32.9 Å². The maximum Gasteiger partial charge on any atom is 0.410 e. The van der Waals surface area contributed by atoms with Crippen molar-refractivity contribution in [3.05, 3.63) is 0 Å². The lowest BCUT2D eigenvalue weighted by atomic mass is 9.94. The molecule has 0 aliphatic carbocycles. The second-order valence-electron chi connectivity index (χ2n) is 6.73. The Balaban J connectivity index is 2.61. The quantitative estimate of drug-likeness (QED) is 0.824. The molecular formula is C13H26N2O5S. The molecule has 1 aliphatic rings. The number of nitrogens with zero attached hydrogens (tertiary/aromatic N) is 2. The number of sulfonamides is 1. The van der Waals surface area contributed by atoms with Crippen LogP contribution in [0.25, 0.3) is 0 Å². The van der Waals surface area contributed by atoms with E-state index in [0.717, 1.165) is 4.31 Å². The summed E-state index contributed by atoms with van der Waals surface area (Å²) in [6.45, 7) is 5.93. The van der Waals surface area contributed by atoms with E-state index in [1.165, 1.54) is 19.0 Å². The van der Waals surface area contributed by atoms with Crippen LogP contribution in [0.5, 0.6) is 0 Å². The lowest BCUT2D eigenvalue weighted by Gasteiger charge is -2.38. The predicted molar refractivity (Wildman–Crippen MR) is 79.5 cm³/mol. The van der Waals surface area contributed by atoms with Crippen molar-refractivity contribution in [3.8, 4) is 0 Å². The first-order valence-electron chi connectivity index (χ1n) is 6.95. The number of piperidine rings is 1. The van der Waals surface area contributed by atoms with Crippen molar-refractivity contribution >= 4 is 16.1 Å². The number of aliphatic hydroxyl groups is 1. The van der Waals surface area contributed by atoms with E-state index < -0.39 is 27.3 Å². The normalized spacial score (nSPS) is 19.7. The lowest BCUT2D eigenvalue weighted by molar-refractivity contribution is -0.0200. The summed E-state index contributed by atoms with van der Waals surface area (Å²) in [5, 5.41) is 10.4. The van der Waals surface area contributed by atoms with E-state index >= 15 is 0 Å². The molecule has 21 heavy (non-hydrogen) atoms. The van der Waals surface area contributed by atoms with E-state index in [-0.39, 0.29) is 31.7 Å². The fraction of sp³-hybridized carbons (Fsp3) is 0.923. The molecule has 1 N–H and O–H groups in total. The van der Waals surface area contributed by atoms with Gasteiger partial charge in [0.15, 0.2) is 0 Å². The van der Waals surface area contributed by atoms with Crippen LogP contribution < -0.4 is 0 Å². The zero-order valence-electron chi connectivity index (χ0n) is 13.4. The van der Waals surface area contributed by atoms with Gasteiger partial charge in [-0.15, -0.1) is 0 Å². The van der Waals surface area contributed by atoms with Crippen molar-refractivity contribution in [3.63, 3.8) is 0 Å². The summed E-state index contributed by atoms with van der Waals surface area (Å²) < 4.78 is 30.1. The van der Waals surface area contributed by atoms with Gasteiger partial charge in [-0.05, 0) is 33.6 Å². The molecule has 0 atom stereocenters. The van der Waals surface area contributed by atoms with Gasteiger partial charge in [-0.1, -0.05) is 0 Å². The van der Waals surface area contributed by atoms with Gasteiger partial charge >= 0.3 is 6.09 Å². The summed E-state index contributed by atoms with van der Waals surface area (Å²) in [5.41, 5.74) is -1.86. The molecule has 0 aromatic rings. The topological polar surface area (TPSA) is 87.2 Å². The van der Waals surface area contributed by atoms with Gasteiger partial charge in [0.25, 0.3) is 0 Å². The maximum atomic E-state index is 11.9. The summed E-state index contributed by atoms with van der Waals surface area (Å²) in [7, 11) is -0.596. The van der Waals surface area contributed by atoms with Crippen molar-refractivity contribution in [1.29, 1.82) is 0 Å². The molecule has 1 rings (SSSR count). The SMILES string of the molecule is CN(C)S(=O)(=O)CC1(O)CCN(C(=O)OC(C)(C)C)CC1. The number of hydrogen-bond acceptors (Lipinski definition) is 5. The Labute approximate surface area is 126 Å². The molecule has 1 aliphatic heterocycles. The lowest BCUT2D eigenvalue weighted by Crippen LogP contribution is -2.51. The number of amides is 1. The Morgan fingerprint density at radius 2 is 1.76 bits per heavy atom. The fourth-order valence-electron chi connectivity index (χ4n) is 2.04. The van der Waals surface area contributed by atoms with Crippen LogP contribution in [-0.2, 0) is 14.8 Å². The van der Waals surface area contributed by atoms with Crippen molar-refractivity contribution in [2.45, 2.75) is 44.8 Å². The summed E-state index contributed by atoms with van der Waals surface area (Å²) in [4.78, 5) is 13.4. The first-order valence-corrected chi connectivity index (χ1v) is 8.56. The molecule has 0 unspecified atom stereocenters. The zero-order valence-corrected chi connectivity index (χ0v) is 14.2. The molecule has 1 saturated heterocycles. The monoisotopic (exact) mass is 322 g/mol. The third-order valence-electron chi connectivity index (χ3n) is 3.35. The molecule has 0 radical (unpaired) electrons. The molecule has 1 fully saturated rings. The molecule has 0 aromatic carbocycles. The minimum absolute atomic E-state index is 0.222. The summed E-state index contributed by atoms with van der Waals surface area (Å²) in [6, 6.07) is 0. The molecule has 1 heterocycles. The average molecular weight is 322 g/mol. The number of hydrogen-bond donors (Lipinski definition) is 1. The van der Waals surface area contributed by atoms with E-state index in [4.69, 9.17) is 4.74 Å². The van der Waals surface area contributed by atoms with Crippen LogP contribution in [0.2, 0.25) is 0 Å². The largest absolute Gasteiger partial charge is 0.444 e. The van der Waals surface area contributed by atoms with Crippen LogP contribution in [-0.4, -0.2) is 73.0 Å². The smallest absolute Gasteiger partial charge is 0.410 e. The Hall–Kier alpha value is -0.860. The van der Waals surface area contributed by atoms with Crippen LogP contribution in [0.3, 0.4) is 0 Å². The van der Waals surface area contributed by atoms with Gasteiger partial charge in [0, 0.05) is 27.2 Å². The third-order valence-corrected chi connectivity index (χ3v) is 5.37. The standard InChI is InChI=1S/C13H26N2O5S/c1-12(2,3)20-11(16)15-8-6-13(17,7-9-15)10-21(18,19)14(4)5/h17H,6-10H2,1-5H3. The molecule has 8 heteroatoms. The van der Waals surface area contributed by atoms with Crippen LogP contribution in [0, 0.1) is 0 Å². The minimum atomic E-state index is -3.47.